The molecule has 5 nitrogen and oxygen atoms in total. The maximum absolute atomic E-state index is 13.5. The summed E-state index contributed by atoms with van der Waals surface area (Å²) in [6, 6.07) is 21.1. The highest BCUT2D eigenvalue weighted by molar-refractivity contribution is 6.12. The monoisotopic (exact) mass is 405 g/mol. The van der Waals surface area contributed by atoms with E-state index in [0.717, 1.165) is 23.5 Å². The van der Waals surface area contributed by atoms with Crippen LogP contribution in [0.15, 0.2) is 72.8 Å². The van der Waals surface area contributed by atoms with Crippen LogP contribution in [0.3, 0.4) is 0 Å². The van der Waals surface area contributed by atoms with Gasteiger partial charge in [0, 0.05) is 17.9 Å². The van der Waals surface area contributed by atoms with Crippen molar-refractivity contribution in [1.82, 2.24) is 4.90 Å². The van der Waals surface area contributed by atoms with E-state index in [1.54, 1.807) is 23.1 Å². The van der Waals surface area contributed by atoms with Crippen molar-refractivity contribution in [2.75, 3.05) is 37.5 Å². The first kappa shape index (κ1) is 19.9. The molecule has 6 heteroatoms. The zero-order valence-electron chi connectivity index (χ0n) is 17.0. The maximum Gasteiger partial charge on any atom is 0.262 e. The minimum atomic E-state index is -0.423. The van der Waals surface area contributed by atoms with Gasteiger partial charge in [-0.2, -0.15) is 0 Å². The highest BCUT2D eigenvalue weighted by Crippen LogP contribution is 2.37. The van der Waals surface area contributed by atoms with Gasteiger partial charge in [-0.1, -0.05) is 24.3 Å². The van der Waals surface area contributed by atoms with Crippen LogP contribution in [0, 0.1) is 5.82 Å². The Morgan fingerprint density at radius 2 is 1.70 bits per heavy atom. The molecule has 0 bridgehead atoms. The first-order valence-corrected chi connectivity index (χ1v) is 9.85. The lowest BCUT2D eigenvalue weighted by atomic mass is 10.0. The smallest absolute Gasteiger partial charge is 0.262 e. The molecule has 1 atom stereocenters. The molecular formula is C24H24FN3O2. The van der Waals surface area contributed by atoms with E-state index in [1.807, 2.05) is 56.6 Å². The van der Waals surface area contributed by atoms with Crippen molar-refractivity contribution < 1.29 is 13.9 Å². The SMILES string of the molecule is CN(C)CCOc1ccc(C2Nc3ccccc3C(=O)N2c2ccc(F)cc2)cc1. The Balaban J connectivity index is 1.65. The Bertz CT molecular complexity index is 1020. The number of likely N-dealkylation sites (N-methyl/N-ethyl adjacent to an activating group) is 1. The van der Waals surface area contributed by atoms with Crippen molar-refractivity contribution in [3.8, 4) is 5.75 Å². The van der Waals surface area contributed by atoms with Gasteiger partial charge >= 0.3 is 0 Å². The molecule has 1 amide bonds. The van der Waals surface area contributed by atoms with Crippen LogP contribution in [0.5, 0.6) is 5.75 Å². The predicted octanol–water partition coefficient (Wildman–Crippen LogP) is 4.54. The molecule has 4 rings (SSSR count). The van der Waals surface area contributed by atoms with E-state index in [-0.39, 0.29) is 11.7 Å². The fourth-order valence-electron chi connectivity index (χ4n) is 3.45. The molecular weight excluding hydrogens is 381 g/mol. The molecule has 0 aliphatic carbocycles. The first-order valence-electron chi connectivity index (χ1n) is 9.85. The number of carbonyl (C=O) groups excluding carboxylic acids is 1. The number of halogens is 1. The summed E-state index contributed by atoms with van der Waals surface area (Å²) in [5.41, 5.74) is 2.89. The normalized spacial score (nSPS) is 15.7. The van der Waals surface area contributed by atoms with Gasteiger partial charge in [0.05, 0.1) is 5.56 Å². The van der Waals surface area contributed by atoms with Crippen LogP contribution < -0.4 is 15.0 Å². The molecule has 1 aliphatic heterocycles. The second kappa shape index (κ2) is 8.55. The molecule has 154 valence electrons. The molecule has 1 N–H and O–H groups in total. The van der Waals surface area contributed by atoms with Crippen LogP contribution in [-0.4, -0.2) is 38.1 Å². The highest BCUT2D eigenvalue weighted by Gasteiger charge is 2.33. The molecule has 0 fully saturated rings. The lowest BCUT2D eigenvalue weighted by Crippen LogP contribution is -2.43. The summed E-state index contributed by atoms with van der Waals surface area (Å²) < 4.78 is 19.2. The summed E-state index contributed by atoms with van der Waals surface area (Å²) in [7, 11) is 4.00. The van der Waals surface area contributed by atoms with Gasteiger partial charge in [0.1, 0.15) is 24.3 Å². The van der Waals surface area contributed by atoms with Crippen molar-refractivity contribution >= 4 is 17.3 Å². The van der Waals surface area contributed by atoms with Crippen LogP contribution in [0.4, 0.5) is 15.8 Å². The average molecular weight is 405 g/mol. The molecule has 3 aromatic carbocycles. The number of amides is 1. The van der Waals surface area contributed by atoms with Crippen molar-refractivity contribution in [3.63, 3.8) is 0 Å². The summed E-state index contributed by atoms with van der Waals surface area (Å²) in [6.07, 6.45) is -0.423. The number of hydrogen-bond donors (Lipinski definition) is 1. The van der Waals surface area contributed by atoms with E-state index in [1.165, 1.54) is 12.1 Å². The number of para-hydroxylation sites is 1. The zero-order valence-corrected chi connectivity index (χ0v) is 17.0. The number of ether oxygens (including phenoxy) is 1. The Morgan fingerprint density at radius 3 is 2.40 bits per heavy atom. The van der Waals surface area contributed by atoms with Crippen LogP contribution in [-0.2, 0) is 0 Å². The summed E-state index contributed by atoms with van der Waals surface area (Å²) >= 11 is 0. The summed E-state index contributed by atoms with van der Waals surface area (Å²) in [5, 5.41) is 3.45. The molecule has 0 saturated carbocycles. The third-order valence-electron chi connectivity index (χ3n) is 5.03. The lowest BCUT2D eigenvalue weighted by molar-refractivity contribution is 0.0975. The third kappa shape index (κ3) is 4.14. The van der Waals surface area contributed by atoms with Crippen molar-refractivity contribution in [3.05, 3.63) is 89.7 Å². The van der Waals surface area contributed by atoms with Gasteiger partial charge in [0.2, 0.25) is 0 Å². The second-order valence-corrected chi connectivity index (χ2v) is 7.46. The van der Waals surface area contributed by atoms with E-state index in [0.29, 0.717) is 17.9 Å². The van der Waals surface area contributed by atoms with Crippen molar-refractivity contribution in [2.24, 2.45) is 0 Å². The number of hydrogen-bond acceptors (Lipinski definition) is 4. The summed E-state index contributed by atoms with van der Waals surface area (Å²) in [6.45, 7) is 1.43. The molecule has 30 heavy (non-hydrogen) atoms. The topological polar surface area (TPSA) is 44.8 Å². The van der Waals surface area contributed by atoms with Gasteiger partial charge in [0.15, 0.2) is 0 Å². The number of nitrogens with one attached hydrogen (secondary N) is 1. The Kier molecular flexibility index (Phi) is 5.68. The fourth-order valence-corrected chi connectivity index (χ4v) is 3.45. The Labute approximate surface area is 175 Å². The standard InChI is InChI=1S/C24H24FN3O2/c1-27(2)15-16-30-20-13-7-17(8-14-20)23-26-22-6-4-3-5-21(22)24(29)28(23)19-11-9-18(25)10-12-19/h3-14,23,26H,15-16H2,1-2H3. The van der Waals surface area contributed by atoms with E-state index in [2.05, 4.69) is 10.2 Å². The summed E-state index contributed by atoms with van der Waals surface area (Å²) in [4.78, 5) is 17.0. The van der Waals surface area contributed by atoms with Crippen LogP contribution in [0.2, 0.25) is 0 Å². The van der Waals surface area contributed by atoms with Gasteiger partial charge < -0.3 is 15.0 Å². The zero-order chi connectivity index (χ0) is 21.1. The molecule has 0 aromatic heterocycles. The highest BCUT2D eigenvalue weighted by atomic mass is 19.1. The number of fused-ring (bicyclic) bond motifs is 1. The molecule has 0 radical (unpaired) electrons. The minimum absolute atomic E-state index is 0.132. The molecule has 3 aromatic rings. The molecule has 1 aliphatic rings. The van der Waals surface area contributed by atoms with E-state index >= 15 is 0 Å². The van der Waals surface area contributed by atoms with Gasteiger partial charge in [-0.05, 0) is 68.2 Å². The minimum Gasteiger partial charge on any atom is -0.492 e. The molecule has 1 heterocycles. The van der Waals surface area contributed by atoms with Crippen molar-refractivity contribution in [1.29, 1.82) is 0 Å². The second-order valence-electron chi connectivity index (χ2n) is 7.46. The maximum atomic E-state index is 13.5. The van der Waals surface area contributed by atoms with Crippen LogP contribution in [0.25, 0.3) is 0 Å². The third-order valence-corrected chi connectivity index (χ3v) is 5.03. The van der Waals surface area contributed by atoms with E-state index < -0.39 is 6.17 Å². The number of carbonyl (C=O) groups is 1. The number of rotatable bonds is 6. The van der Waals surface area contributed by atoms with Crippen molar-refractivity contribution in [2.45, 2.75) is 6.17 Å². The van der Waals surface area contributed by atoms with Gasteiger partial charge in [-0.25, -0.2) is 4.39 Å². The molecule has 0 spiro atoms. The average Bonchev–Trinajstić information content (AvgIpc) is 2.75. The number of anilines is 2. The van der Waals surface area contributed by atoms with Gasteiger partial charge in [-0.15, -0.1) is 0 Å². The van der Waals surface area contributed by atoms with E-state index in [4.69, 9.17) is 4.74 Å². The Hall–Kier alpha value is -3.38. The van der Waals surface area contributed by atoms with Gasteiger partial charge in [0.25, 0.3) is 5.91 Å². The number of benzene rings is 3. The number of nitrogens with zero attached hydrogens (tertiary/aromatic N) is 2. The molecule has 0 saturated heterocycles. The largest absolute Gasteiger partial charge is 0.492 e. The first-order chi connectivity index (χ1) is 14.5. The molecule has 1 unspecified atom stereocenters. The Morgan fingerprint density at radius 1 is 1.00 bits per heavy atom. The predicted molar refractivity (Wildman–Crippen MR) is 117 cm³/mol. The lowest BCUT2D eigenvalue weighted by Gasteiger charge is -2.38. The van der Waals surface area contributed by atoms with Gasteiger partial charge in [-0.3, -0.25) is 9.69 Å². The fraction of sp³-hybridized carbons (Fsp3) is 0.208. The summed E-state index contributed by atoms with van der Waals surface area (Å²) in [5.74, 6) is 0.302. The quantitative estimate of drug-likeness (QED) is 0.654. The van der Waals surface area contributed by atoms with E-state index in [9.17, 15) is 9.18 Å². The van der Waals surface area contributed by atoms with Crippen LogP contribution in [0.1, 0.15) is 22.1 Å². The van der Waals surface area contributed by atoms with Crippen LogP contribution >= 0.6 is 0 Å².